The number of alkyl halides is 3. The van der Waals surface area contributed by atoms with E-state index in [2.05, 4.69) is 5.32 Å². The standard InChI is InChI=1S/C25H20F5NO3S/c26-16-5-8-18(9-6-16)35(32,33)24-12-13-31-22(24)11-4-15-14-17(7-10-19(15)24)34-23-20(25(28,29)30)2-1-3-21(23)27/h1-3,5-10,14,22,31H,4,11-13H2/t22-,24-/m1/s1. The van der Waals surface area contributed by atoms with Crippen LogP contribution in [0.25, 0.3) is 0 Å². The predicted molar refractivity (Wildman–Crippen MR) is 118 cm³/mol. The van der Waals surface area contributed by atoms with Crippen molar-refractivity contribution in [2.45, 2.75) is 41.1 Å². The van der Waals surface area contributed by atoms with E-state index in [4.69, 9.17) is 4.74 Å². The summed E-state index contributed by atoms with van der Waals surface area (Å²) < 4.78 is 99.6. The third-order valence-corrected chi connectivity index (χ3v) is 9.34. The van der Waals surface area contributed by atoms with Gasteiger partial charge in [-0.3, -0.25) is 0 Å². The number of para-hydroxylation sites is 1. The molecule has 184 valence electrons. The average molecular weight is 509 g/mol. The summed E-state index contributed by atoms with van der Waals surface area (Å²) >= 11 is 0. The molecular formula is C25H20F5NO3S. The van der Waals surface area contributed by atoms with E-state index in [1.165, 1.54) is 30.3 Å². The molecule has 1 N–H and O–H groups in total. The first kappa shape index (κ1) is 23.7. The number of benzene rings is 3. The van der Waals surface area contributed by atoms with Crippen LogP contribution >= 0.6 is 0 Å². The zero-order chi connectivity index (χ0) is 25.0. The second kappa shape index (κ2) is 8.30. The van der Waals surface area contributed by atoms with Crippen LogP contribution in [0.5, 0.6) is 11.5 Å². The molecule has 5 rings (SSSR count). The maximum atomic E-state index is 14.3. The highest BCUT2D eigenvalue weighted by Gasteiger charge is 2.57. The Morgan fingerprint density at radius 3 is 2.46 bits per heavy atom. The summed E-state index contributed by atoms with van der Waals surface area (Å²) in [5.74, 6) is -2.68. The summed E-state index contributed by atoms with van der Waals surface area (Å²) in [5, 5.41) is 3.25. The minimum Gasteiger partial charge on any atom is -0.454 e. The number of hydrogen-bond acceptors (Lipinski definition) is 4. The Balaban J connectivity index is 1.59. The van der Waals surface area contributed by atoms with Crippen molar-refractivity contribution in [2.75, 3.05) is 6.54 Å². The molecule has 0 amide bonds. The van der Waals surface area contributed by atoms with Crippen LogP contribution in [-0.4, -0.2) is 21.0 Å². The molecule has 2 atom stereocenters. The zero-order valence-electron chi connectivity index (χ0n) is 18.2. The van der Waals surface area contributed by atoms with Crippen LogP contribution in [0.4, 0.5) is 22.0 Å². The number of sulfone groups is 1. The number of ether oxygens (including phenoxy) is 1. The van der Waals surface area contributed by atoms with Gasteiger partial charge in [0.1, 0.15) is 21.9 Å². The highest BCUT2D eigenvalue weighted by molar-refractivity contribution is 7.92. The monoisotopic (exact) mass is 509 g/mol. The first-order valence-corrected chi connectivity index (χ1v) is 12.4. The zero-order valence-corrected chi connectivity index (χ0v) is 19.0. The van der Waals surface area contributed by atoms with E-state index >= 15 is 0 Å². The summed E-state index contributed by atoms with van der Waals surface area (Å²) in [4.78, 5) is -0.0121. The van der Waals surface area contributed by atoms with Gasteiger partial charge >= 0.3 is 6.18 Å². The molecule has 0 spiro atoms. The molecule has 3 aromatic rings. The molecule has 0 unspecified atom stereocenters. The Labute approximate surface area is 198 Å². The van der Waals surface area contributed by atoms with Crippen molar-refractivity contribution >= 4 is 9.84 Å². The second-order valence-corrected chi connectivity index (χ2v) is 10.9. The van der Waals surface area contributed by atoms with Gasteiger partial charge in [0, 0.05) is 6.04 Å². The lowest BCUT2D eigenvalue weighted by Crippen LogP contribution is -2.49. The molecule has 35 heavy (non-hydrogen) atoms. The quantitative estimate of drug-likeness (QED) is 0.359. The van der Waals surface area contributed by atoms with Crippen molar-refractivity contribution in [1.82, 2.24) is 5.32 Å². The predicted octanol–water partition coefficient (Wildman–Crippen LogP) is 5.75. The van der Waals surface area contributed by atoms with Gasteiger partial charge in [0.05, 0.1) is 4.90 Å². The first-order chi connectivity index (χ1) is 16.5. The molecule has 0 bridgehead atoms. The van der Waals surface area contributed by atoms with Gasteiger partial charge < -0.3 is 10.1 Å². The molecule has 0 aromatic heterocycles. The summed E-state index contributed by atoms with van der Waals surface area (Å²) in [6.45, 7) is 0.451. The molecule has 1 heterocycles. The number of aryl methyl sites for hydroxylation is 1. The van der Waals surface area contributed by atoms with Gasteiger partial charge in [0.25, 0.3) is 0 Å². The van der Waals surface area contributed by atoms with Crippen LogP contribution in [0.1, 0.15) is 29.5 Å². The third kappa shape index (κ3) is 3.79. The lowest BCUT2D eigenvalue weighted by atomic mass is 9.79. The molecule has 2 aliphatic rings. The number of fused-ring (bicyclic) bond motifs is 3. The number of nitrogens with one attached hydrogen (secondary N) is 1. The molecule has 1 aliphatic heterocycles. The van der Waals surface area contributed by atoms with Gasteiger partial charge in [-0.15, -0.1) is 0 Å². The number of hydrogen-bond donors (Lipinski definition) is 1. The molecule has 3 aromatic carbocycles. The van der Waals surface area contributed by atoms with E-state index in [9.17, 15) is 30.4 Å². The average Bonchev–Trinajstić information content (AvgIpc) is 3.26. The van der Waals surface area contributed by atoms with Gasteiger partial charge in [0.2, 0.25) is 0 Å². The van der Waals surface area contributed by atoms with E-state index in [0.29, 0.717) is 30.5 Å². The van der Waals surface area contributed by atoms with Gasteiger partial charge in [0.15, 0.2) is 21.4 Å². The molecule has 1 fully saturated rings. The molecule has 10 heteroatoms. The minimum absolute atomic E-state index is 0.0121. The highest BCUT2D eigenvalue weighted by atomic mass is 32.2. The first-order valence-electron chi connectivity index (χ1n) is 10.9. The van der Waals surface area contributed by atoms with Crippen LogP contribution in [0, 0.1) is 11.6 Å². The van der Waals surface area contributed by atoms with Crippen molar-refractivity contribution in [3.8, 4) is 11.5 Å². The topological polar surface area (TPSA) is 55.4 Å². The van der Waals surface area contributed by atoms with Crippen molar-refractivity contribution < 1.29 is 35.1 Å². The Hall–Kier alpha value is -2.98. The van der Waals surface area contributed by atoms with Crippen LogP contribution in [0.15, 0.2) is 65.6 Å². The highest BCUT2D eigenvalue weighted by Crippen LogP contribution is 2.50. The van der Waals surface area contributed by atoms with Gasteiger partial charge in [-0.1, -0.05) is 12.1 Å². The SMILES string of the molecule is O=S(=O)(c1ccc(F)cc1)[C@@]12CCN[C@@H]1CCc1cc(Oc3c(F)cccc3C(F)(F)F)ccc12. The largest absolute Gasteiger partial charge is 0.454 e. The fourth-order valence-electron chi connectivity index (χ4n) is 5.23. The Bertz CT molecular complexity index is 1390. The van der Waals surface area contributed by atoms with E-state index in [1.807, 2.05) is 0 Å². The van der Waals surface area contributed by atoms with E-state index in [0.717, 1.165) is 30.3 Å². The fourth-order valence-corrected chi connectivity index (χ4v) is 7.58. The fraction of sp³-hybridized carbons (Fsp3) is 0.280. The van der Waals surface area contributed by atoms with Crippen molar-refractivity contribution in [2.24, 2.45) is 0 Å². The molecule has 1 saturated heterocycles. The van der Waals surface area contributed by atoms with E-state index in [1.54, 1.807) is 0 Å². The van der Waals surface area contributed by atoms with Crippen LogP contribution < -0.4 is 10.1 Å². The van der Waals surface area contributed by atoms with Crippen LogP contribution in [0.2, 0.25) is 0 Å². The Morgan fingerprint density at radius 1 is 1.00 bits per heavy atom. The Morgan fingerprint density at radius 2 is 1.74 bits per heavy atom. The molecular weight excluding hydrogens is 489 g/mol. The maximum absolute atomic E-state index is 14.3. The van der Waals surface area contributed by atoms with Crippen LogP contribution in [-0.2, 0) is 27.2 Å². The second-order valence-electron chi connectivity index (χ2n) is 8.68. The van der Waals surface area contributed by atoms with Gasteiger partial charge in [-0.05, 0) is 85.5 Å². The maximum Gasteiger partial charge on any atom is 0.420 e. The third-order valence-electron chi connectivity index (χ3n) is 6.78. The van der Waals surface area contributed by atoms with E-state index in [-0.39, 0.29) is 23.1 Å². The van der Waals surface area contributed by atoms with Crippen molar-refractivity contribution in [3.63, 3.8) is 0 Å². The van der Waals surface area contributed by atoms with Crippen LogP contribution in [0.3, 0.4) is 0 Å². The summed E-state index contributed by atoms with van der Waals surface area (Å²) in [5.41, 5.74) is -0.135. The smallest absolute Gasteiger partial charge is 0.420 e. The van der Waals surface area contributed by atoms with E-state index < -0.39 is 43.7 Å². The number of rotatable bonds is 4. The molecule has 0 radical (unpaired) electrons. The van der Waals surface area contributed by atoms with Gasteiger partial charge in [-0.25, -0.2) is 17.2 Å². The summed E-state index contributed by atoms with van der Waals surface area (Å²) in [6, 6.07) is 11.2. The number of halogens is 5. The minimum atomic E-state index is -4.82. The summed E-state index contributed by atoms with van der Waals surface area (Å²) in [6.07, 6.45) is -3.63. The molecule has 1 aliphatic carbocycles. The Kier molecular flexibility index (Phi) is 5.63. The lowest BCUT2D eigenvalue weighted by Gasteiger charge is -2.40. The molecule has 0 saturated carbocycles. The van der Waals surface area contributed by atoms with Crippen molar-refractivity contribution in [1.29, 1.82) is 0 Å². The van der Waals surface area contributed by atoms with Crippen molar-refractivity contribution in [3.05, 3.63) is 89.0 Å². The van der Waals surface area contributed by atoms with Gasteiger partial charge in [-0.2, -0.15) is 13.2 Å². The molecule has 4 nitrogen and oxygen atoms in total. The summed E-state index contributed by atoms with van der Waals surface area (Å²) in [7, 11) is -3.97. The lowest BCUT2D eigenvalue weighted by molar-refractivity contribution is -0.138. The normalized spacial score (nSPS) is 21.9.